The molecule has 8 rings (SSSR count). The van der Waals surface area contributed by atoms with Crippen LogP contribution in [0.1, 0.15) is 55.6 Å². The first kappa shape index (κ1) is 28.2. The summed E-state index contributed by atoms with van der Waals surface area (Å²) in [6.45, 7) is 8.62. The SMILES string of the molecule is Cc1ccc(C2(c3ccccc3)C=Cc3c(ccc4c5c(ccc34)OC(c3ccccc3)(c3ccc(C)cc3C)C=C5)O2)c(C)c1. The van der Waals surface area contributed by atoms with Crippen LogP contribution < -0.4 is 9.47 Å². The van der Waals surface area contributed by atoms with Crippen LogP contribution in [0.25, 0.3) is 22.9 Å². The number of aryl methyl sites for hydroxylation is 4. The Hall–Kier alpha value is -5.34. The molecule has 0 bridgehead atoms. The molecule has 0 saturated carbocycles. The molecule has 2 nitrogen and oxygen atoms in total. The normalized spacial score (nSPS) is 19.7. The number of ether oxygens (including phenoxy) is 2. The van der Waals surface area contributed by atoms with E-state index >= 15 is 0 Å². The minimum atomic E-state index is -0.724. The molecular formula is C44H36O2. The molecule has 46 heavy (non-hydrogen) atoms. The number of benzene rings is 6. The van der Waals surface area contributed by atoms with Gasteiger partial charge < -0.3 is 9.47 Å². The molecule has 6 aromatic carbocycles. The lowest BCUT2D eigenvalue weighted by molar-refractivity contribution is 0.160. The first-order valence-corrected chi connectivity index (χ1v) is 16.0. The van der Waals surface area contributed by atoms with Gasteiger partial charge in [0.1, 0.15) is 11.5 Å². The molecule has 0 fully saturated rings. The topological polar surface area (TPSA) is 18.5 Å². The first-order chi connectivity index (χ1) is 22.4. The molecule has 224 valence electrons. The Bertz CT molecular complexity index is 2030. The van der Waals surface area contributed by atoms with Crippen molar-refractivity contribution in [2.75, 3.05) is 0 Å². The van der Waals surface area contributed by atoms with Gasteiger partial charge in [-0.15, -0.1) is 0 Å². The Morgan fingerprint density at radius 2 is 0.848 bits per heavy atom. The summed E-state index contributed by atoms with van der Waals surface area (Å²) in [5.74, 6) is 1.74. The molecule has 2 unspecified atom stereocenters. The van der Waals surface area contributed by atoms with E-state index in [0.717, 1.165) is 55.7 Å². The van der Waals surface area contributed by atoms with E-state index in [0.29, 0.717) is 0 Å². The lowest BCUT2D eigenvalue weighted by Crippen LogP contribution is -2.35. The van der Waals surface area contributed by atoms with Crippen LogP contribution in [-0.2, 0) is 11.2 Å². The second kappa shape index (κ2) is 10.6. The molecule has 2 aliphatic rings. The highest BCUT2D eigenvalue weighted by molar-refractivity contribution is 6.00. The van der Waals surface area contributed by atoms with Crippen LogP contribution in [0.2, 0.25) is 0 Å². The third-order valence-corrected chi connectivity index (χ3v) is 9.68. The summed E-state index contributed by atoms with van der Waals surface area (Å²) in [7, 11) is 0. The van der Waals surface area contributed by atoms with Crippen molar-refractivity contribution in [2.24, 2.45) is 0 Å². The van der Waals surface area contributed by atoms with E-state index in [1.807, 2.05) is 0 Å². The third kappa shape index (κ3) is 4.32. The minimum Gasteiger partial charge on any atom is -0.473 e. The number of fused-ring (bicyclic) bond motifs is 5. The third-order valence-electron chi connectivity index (χ3n) is 9.68. The molecular weight excluding hydrogens is 560 g/mol. The molecule has 2 heterocycles. The maximum absolute atomic E-state index is 7.10. The average molecular weight is 597 g/mol. The van der Waals surface area contributed by atoms with Crippen molar-refractivity contribution < 1.29 is 9.47 Å². The summed E-state index contributed by atoms with van der Waals surface area (Å²) in [6.07, 6.45) is 8.96. The molecule has 6 aromatic rings. The van der Waals surface area contributed by atoms with E-state index in [4.69, 9.17) is 9.47 Å². The van der Waals surface area contributed by atoms with Crippen LogP contribution >= 0.6 is 0 Å². The van der Waals surface area contributed by atoms with E-state index in [1.165, 1.54) is 22.3 Å². The van der Waals surface area contributed by atoms with Gasteiger partial charge in [0.2, 0.25) is 0 Å². The fraction of sp³-hybridized carbons (Fsp3) is 0.136. The van der Waals surface area contributed by atoms with Gasteiger partial charge in [0.25, 0.3) is 0 Å². The highest BCUT2D eigenvalue weighted by Crippen LogP contribution is 2.49. The lowest BCUT2D eigenvalue weighted by atomic mass is 9.80. The number of hydrogen-bond donors (Lipinski definition) is 0. The molecule has 0 saturated heterocycles. The Morgan fingerprint density at radius 1 is 0.435 bits per heavy atom. The van der Waals surface area contributed by atoms with Gasteiger partial charge in [-0.25, -0.2) is 0 Å². The Morgan fingerprint density at radius 3 is 1.24 bits per heavy atom. The highest BCUT2D eigenvalue weighted by Gasteiger charge is 2.40. The van der Waals surface area contributed by atoms with E-state index < -0.39 is 11.2 Å². The fourth-order valence-corrected chi connectivity index (χ4v) is 7.49. The average Bonchev–Trinajstić information content (AvgIpc) is 3.08. The van der Waals surface area contributed by atoms with Gasteiger partial charge in [-0.05, 0) is 98.2 Å². The summed E-state index contributed by atoms with van der Waals surface area (Å²) in [4.78, 5) is 0. The van der Waals surface area contributed by atoms with Crippen LogP contribution in [-0.4, -0.2) is 0 Å². The molecule has 2 heteroatoms. The summed E-state index contributed by atoms with van der Waals surface area (Å²) < 4.78 is 14.2. The summed E-state index contributed by atoms with van der Waals surface area (Å²) >= 11 is 0. The van der Waals surface area contributed by atoms with Gasteiger partial charge in [0, 0.05) is 33.4 Å². The van der Waals surface area contributed by atoms with Crippen molar-refractivity contribution in [3.05, 3.63) is 189 Å². The smallest absolute Gasteiger partial charge is 0.178 e. The van der Waals surface area contributed by atoms with Crippen molar-refractivity contribution in [2.45, 2.75) is 38.9 Å². The molecule has 0 spiro atoms. The predicted molar refractivity (Wildman–Crippen MR) is 190 cm³/mol. The molecule has 0 aliphatic carbocycles. The zero-order valence-corrected chi connectivity index (χ0v) is 26.7. The van der Waals surface area contributed by atoms with Crippen molar-refractivity contribution in [3.8, 4) is 11.5 Å². The van der Waals surface area contributed by atoms with Crippen LogP contribution in [0.4, 0.5) is 0 Å². The maximum Gasteiger partial charge on any atom is 0.178 e. The monoisotopic (exact) mass is 596 g/mol. The Balaban J connectivity index is 1.26. The summed E-state index contributed by atoms with van der Waals surface area (Å²) in [5.41, 5.74) is 10.1. The molecule has 0 aromatic heterocycles. The Labute approximate surface area is 271 Å². The largest absolute Gasteiger partial charge is 0.473 e. The second-order valence-electron chi connectivity index (χ2n) is 12.8. The minimum absolute atomic E-state index is 0.724. The van der Waals surface area contributed by atoms with E-state index in [1.54, 1.807) is 0 Å². The van der Waals surface area contributed by atoms with Gasteiger partial charge in [-0.3, -0.25) is 0 Å². The van der Waals surface area contributed by atoms with Gasteiger partial charge in [0.05, 0.1) is 0 Å². The predicted octanol–water partition coefficient (Wildman–Crippen LogP) is 10.8. The van der Waals surface area contributed by atoms with E-state index in [2.05, 4.69) is 173 Å². The standard InChI is InChI=1S/C44H36O2/c1-29-15-19-39(31(3)27-29)43(33-11-7-5-8-12-33)25-23-37-35-18-22-42-38(36(35)17-21-41(37)45-43)24-26-44(46-42,34-13-9-6-10-14-34)40-20-16-30(2)28-32(40)4/h5-28H,1-4H3. The zero-order valence-electron chi connectivity index (χ0n) is 26.7. The van der Waals surface area contributed by atoms with Gasteiger partial charge in [0.15, 0.2) is 11.2 Å². The van der Waals surface area contributed by atoms with E-state index in [9.17, 15) is 0 Å². The molecule has 0 amide bonds. The molecule has 0 N–H and O–H groups in total. The zero-order chi connectivity index (χ0) is 31.5. The van der Waals surface area contributed by atoms with Gasteiger partial charge >= 0.3 is 0 Å². The number of hydrogen-bond acceptors (Lipinski definition) is 2. The van der Waals surface area contributed by atoms with Crippen molar-refractivity contribution in [3.63, 3.8) is 0 Å². The lowest BCUT2D eigenvalue weighted by Gasteiger charge is -2.38. The second-order valence-corrected chi connectivity index (χ2v) is 12.8. The molecule has 0 radical (unpaired) electrons. The van der Waals surface area contributed by atoms with Crippen LogP contribution in [0.3, 0.4) is 0 Å². The highest BCUT2D eigenvalue weighted by atomic mass is 16.5. The van der Waals surface area contributed by atoms with Crippen LogP contribution in [0, 0.1) is 27.7 Å². The number of rotatable bonds is 4. The van der Waals surface area contributed by atoms with Crippen LogP contribution in [0.5, 0.6) is 11.5 Å². The van der Waals surface area contributed by atoms with Crippen LogP contribution in [0.15, 0.2) is 133 Å². The van der Waals surface area contributed by atoms with E-state index in [-0.39, 0.29) is 0 Å². The summed E-state index contributed by atoms with van der Waals surface area (Å²) in [5, 5.41) is 2.28. The first-order valence-electron chi connectivity index (χ1n) is 16.0. The quantitative estimate of drug-likeness (QED) is 0.202. The van der Waals surface area contributed by atoms with Crippen molar-refractivity contribution in [1.29, 1.82) is 0 Å². The molecule has 2 aliphatic heterocycles. The maximum atomic E-state index is 7.10. The molecule has 2 atom stereocenters. The van der Waals surface area contributed by atoms with Gasteiger partial charge in [-0.2, -0.15) is 0 Å². The Kier molecular flexibility index (Phi) is 6.51. The van der Waals surface area contributed by atoms with Crippen molar-refractivity contribution in [1.82, 2.24) is 0 Å². The van der Waals surface area contributed by atoms with Gasteiger partial charge in [-0.1, -0.05) is 108 Å². The fourth-order valence-electron chi connectivity index (χ4n) is 7.49. The van der Waals surface area contributed by atoms with Crippen molar-refractivity contribution >= 4 is 22.9 Å². The summed E-state index contributed by atoms with van der Waals surface area (Å²) in [6, 6.07) is 42.9.